The zero-order valence-electron chi connectivity index (χ0n) is 20.5. The largest absolute Gasteiger partial charge is 0.494 e. The number of ether oxygens (including phenoxy) is 2. The highest BCUT2D eigenvalue weighted by atomic mass is 32.2. The summed E-state index contributed by atoms with van der Waals surface area (Å²) in [7, 11) is -4.01. The average molecular weight is 510 g/mol. The second-order valence-corrected chi connectivity index (χ2v) is 10.3. The van der Waals surface area contributed by atoms with Crippen LogP contribution in [-0.4, -0.2) is 53.8 Å². The van der Waals surface area contributed by atoms with Crippen LogP contribution in [0.5, 0.6) is 5.75 Å². The van der Waals surface area contributed by atoms with E-state index in [9.17, 15) is 13.2 Å². The predicted molar refractivity (Wildman–Crippen MR) is 141 cm³/mol. The van der Waals surface area contributed by atoms with Crippen molar-refractivity contribution in [2.24, 2.45) is 0 Å². The van der Waals surface area contributed by atoms with Crippen molar-refractivity contribution in [1.82, 2.24) is 0 Å². The Bertz CT molecular complexity index is 1250. The Kier molecular flexibility index (Phi) is 8.12. The van der Waals surface area contributed by atoms with Gasteiger partial charge in [-0.1, -0.05) is 17.7 Å². The molecule has 3 aromatic rings. The Morgan fingerprint density at radius 2 is 1.61 bits per heavy atom. The first-order chi connectivity index (χ1) is 17.4. The minimum absolute atomic E-state index is 0.0780. The first-order valence-electron chi connectivity index (χ1n) is 11.9. The maximum absolute atomic E-state index is 13.6. The molecule has 1 heterocycles. The van der Waals surface area contributed by atoms with E-state index < -0.39 is 15.9 Å². The fourth-order valence-corrected chi connectivity index (χ4v) is 5.36. The molecule has 0 bridgehead atoms. The van der Waals surface area contributed by atoms with Crippen molar-refractivity contribution in [3.05, 3.63) is 78.4 Å². The number of sulfonamides is 1. The van der Waals surface area contributed by atoms with Gasteiger partial charge in [0.15, 0.2) is 0 Å². The molecule has 0 radical (unpaired) electrons. The van der Waals surface area contributed by atoms with Crippen molar-refractivity contribution >= 4 is 33.0 Å². The van der Waals surface area contributed by atoms with E-state index in [-0.39, 0.29) is 11.4 Å². The predicted octanol–water partition coefficient (Wildman–Crippen LogP) is 4.06. The third-order valence-electron chi connectivity index (χ3n) is 5.86. The maximum atomic E-state index is 13.6. The Labute approximate surface area is 212 Å². The van der Waals surface area contributed by atoms with E-state index in [0.717, 1.165) is 28.6 Å². The summed E-state index contributed by atoms with van der Waals surface area (Å²) < 4.78 is 39.1. The van der Waals surface area contributed by atoms with E-state index in [4.69, 9.17) is 9.47 Å². The number of rotatable bonds is 9. The second-order valence-electron chi connectivity index (χ2n) is 8.45. The molecule has 190 valence electrons. The molecule has 1 fully saturated rings. The van der Waals surface area contributed by atoms with Gasteiger partial charge in [0.1, 0.15) is 12.3 Å². The average Bonchev–Trinajstić information content (AvgIpc) is 2.89. The van der Waals surface area contributed by atoms with Crippen LogP contribution in [0.4, 0.5) is 17.1 Å². The number of hydrogen-bond acceptors (Lipinski definition) is 6. The lowest BCUT2D eigenvalue weighted by atomic mass is 10.2. The number of amides is 1. The lowest BCUT2D eigenvalue weighted by molar-refractivity contribution is -0.114. The molecule has 1 amide bonds. The van der Waals surface area contributed by atoms with Crippen molar-refractivity contribution < 1.29 is 22.7 Å². The van der Waals surface area contributed by atoms with Crippen molar-refractivity contribution in [3.63, 3.8) is 0 Å². The molecule has 0 unspecified atom stereocenters. The van der Waals surface area contributed by atoms with Gasteiger partial charge in [-0.05, 0) is 74.5 Å². The lowest BCUT2D eigenvalue weighted by Gasteiger charge is -2.29. The molecule has 9 heteroatoms. The topological polar surface area (TPSA) is 88.2 Å². The molecule has 1 aliphatic rings. The molecule has 0 aromatic heterocycles. The Balaban J connectivity index is 1.53. The summed E-state index contributed by atoms with van der Waals surface area (Å²) in [4.78, 5) is 15.3. The summed E-state index contributed by atoms with van der Waals surface area (Å²) in [5.74, 6) is 0.140. The maximum Gasteiger partial charge on any atom is 0.264 e. The normalized spacial score (nSPS) is 13.8. The summed E-state index contributed by atoms with van der Waals surface area (Å²) in [5.41, 5.74) is 3.05. The van der Waals surface area contributed by atoms with Gasteiger partial charge in [0, 0.05) is 24.5 Å². The summed E-state index contributed by atoms with van der Waals surface area (Å²) in [6, 6.07) is 20.8. The molecule has 1 saturated heterocycles. The van der Waals surface area contributed by atoms with Crippen LogP contribution in [0.2, 0.25) is 0 Å². The van der Waals surface area contributed by atoms with Gasteiger partial charge in [-0.25, -0.2) is 8.42 Å². The van der Waals surface area contributed by atoms with Gasteiger partial charge in [-0.3, -0.25) is 9.10 Å². The van der Waals surface area contributed by atoms with Crippen LogP contribution < -0.4 is 19.3 Å². The molecule has 0 saturated carbocycles. The van der Waals surface area contributed by atoms with E-state index >= 15 is 0 Å². The highest BCUT2D eigenvalue weighted by molar-refractivity contribution is 7.92. The van der Waals surface area contributed by atoms with Gasteiger partial charge < -0.3 is 19.7 Å². The first kappa shape index (κ1) is 25.5. The van der Waals surface area contributed by atoms with Crippen molar-refractivity contribution in [2.45, 2.75) is 18.7 Å². The molecule has 3 aromatic carbocycles. The number of benzene rings is 3. The van der Waals surface area contributed by atoms with Crippen LogP contribution in [0.1, 0.15) is 12.5 Å². The number of carbonyl (C=O) groups is 1. The van der Waals surface area contributed by atoms with E-state index in [0.29, 0.717) is 36.9 Å². The number of nitrogens with zero attached hydrogens (tertiary/aromatic N) is 2. The minimum Gasteiger partial charge on any atom is -0.494 e. The highest BCUT2D eigenvalue weighted by Gasteiger charge is 2.27. The van der Waals surface area contributed by atoms with Gasteiger partial charge in [-0.15, -0.1) is 0 Å². The third kappa shape index (κ3) is 6.16. The SMILES string of the molecule is CCOc1ccc(S(=O)(=O)N(CC(=O)Nc2ccc(N3CCOCC3)cc2)c2ccc(C)cc2)cc1. The molecule has 1 aliphatic heterocycles. The molecule has 1 N–H and O–H groups in total. The van der Waals surface area contributed by atoms with Crippen LogP contribution in [0.3, 0.4) is 0 Å². The molecule has 36 heavy (non-hydrogen) atoms. The van der Waals surface area contributed by atoms with E-state index in [1.807, 2.05) is 50.2 Å². The van der Waals surface area contributed by atoms with Crippen LogP contribution in [0.25, 0.3) is 0 Å². The van der Waals surface area contributed by atoms with Crippen molar-refractivity contribution in [1.29, 1.82) is 0 Å². The van der Waals surface area contributed by atoms with E-state index in [2.05, 4.69) is 10.2 Å². The highest BCUT2D eigenvalue weighted by Crippen LogP contribution is 2.26. The van der Waals surface area contributed by atoms with Crippen molar-refractivity contribution in [3.8, 4) is 5.75 Å². The monoisotopic (exact) mass is 509 g/mol. The van der Waals surface area contributed by atoms with Crippen LogP contribution >= 0.6 is 0 Å². The summed E-state index contributed by atoms with van der Waals surface area (Å²) >= 11 is 0. The Morgan fingerprint density at radius 3 is 2.22 bits per heavy atom. The standard InChI is InChI=1S/C27H31N3O5S/c1-3-35-25-12-14-26(15-13-25)36(32,33)30(24-8-4-21(2)5-9-24)20-27(31)28-22-6-10-23(11-7-22)29-16-18-34-19-17-29/h4-15H,3,16-20H2,1-2H3,(H,28,31). The third-order valence-corrected chi connectivity index (χ3v) is 7.65. The van der Waals surface area contributed by atoms with Crippen LogP contribution in [0.15, 0.2) is 77.7 Å². The summed E-state index contributed by atoms with van der Waals surface area (Å²) in [5, 5.41) is 2.82. The zero-order valence-corrected chi connectivity index (χ0v) is 21.3. The molecule has 0 spiro atoms. The van der Waals surface area contributed by atoms with E-state index in [1.54, 1.807) is 24.3 Å². The fraction of sp³-hybridized carbons (Fsp3) is 0.296. The number of anilines is 3. The van der Waals surface area contributed by atoms with Gasteiger partial charge in [0.25, 0.3) is 10.0 Å². The smallest absolute Gasteiger partial charge is 0.264 e. The second kappa shape index (κ2) is 11.5. The van der Waals surface area contributed by atoms with Gasteiger partial charge in [-0.2, -0.15) is 0 Å². The molecule has 0 atom stereocenters. The quantitative estimate of drug-likeness (QED) is 0.468. The number of nitrogens with one attached hydrogen (secondary N) is 1. The van der Waals surface area contributed by atoms with Gasteiger partial charge in [0.05, 0.1) is 30.4 Å². The first-order valence-corrected chi connectivity index (χ1v) is 13.4. The Hall–Kier alpha value is -3.56. The van der Waals surface area contributed by atoms with Crippen LogP contribution in [-0.2, 0) is 19.6 Å². The minimum atomic E-state index is -4.01. The number of hydrogen-bond donors (Lipinski definition) is 1. The van der Waals surface area contributed by atoms with Crippen LogP contribution in [0, 0.1) is 6.92 Å². The molecule has 0 aliphatic carbocycles. The summed E-state index contributed by atoms with van der Waals surface area (Å²) in [6.45, 7) is 6.91. The molecule has 8 nitrogen and oxygen atoms in total. The molecular formula is C27H31N3O5S. The zero-order chi connectivity index (χ0) is 25.5. The Morgan fingerprint density at radius 1 is 0.972 bits per heavy atom. The van der Waals surface area contributed by atoms with E-state index in [1.165, 1.54) is 12.1 Å². The fourth-order valence-electron chi connectivity index (χ4n) is 3.94. The molecule has 4 rings (SSSR count). The number of aryl methyl sites for hydroxylation is 1. The van der Waals surface area contributed by atoms with Gasteiger partial charge >= 0.3 is 0 Å². The van der Waals surface area contributed by atoms with Crippen molar-refractivity contribution in [2.75, 3.05) is 54.0 Å². The number of morpholine rings is 1. The number of carbonyl (C=O) groups excluding carboxylic acids is 1. The summed E-state index contributed by atoms with van der Waals surface area (Å²) in [6.07, 6.45) is 0. The van der Waals surface area contributed by atoms with Gasteiger partial charge in [0.2, 0.25) is 5.91 Å². The lowest BCUT2D eigenvalue weighted by Crippen LogP contribution is -2.38. The molecular weight excluding hydrogens is 478 g/mol.